The quantitative estimate of drug-likeness (QED) is 0.460. The van der Waals surface area contributed by atoms with Crippen LogP contribution in [0.15, 0.2) is 36.4 Å². The number of hydrogen-bond donors (Lipinski definition) is 0. The zero-order valence-corrected chi connectivity index (χ0v) is 16.5. The predicted molar refractivity (Wildman–Crippen MR) is 106 cm³/mol. The van der Waals surface area contributed by atoms with Gasteiger partial charge in [0.1, 0.15) is 17.2 Å². The van der Waals surface area contributed by atoms with E-state index >= 15 is 0 Å². The summed E-state index contributed by atoms with van der Waals surface area (Å²) in [6, 6.07) is 11.7. The van der Waals surface area contributed by atoms with E-state index in [9.17, 15) is 4.79 Å². The number of carbonyl (C=O) groups excluding carboxylic acids is 1. The van der Waals surface area contributed by atoms with E-state index in [0.717, 1.165) is 42.6 Å². The number of carbonyl (C=O) groups is 1. The number of halogens is 1. The lowest BCUT2D eigenvalue weighted by molar-refractivity contribution is -0.114. The van der Waals surface area contributed by atoms with Gasteiger partial charge in [-0.25, -0.2) is 0 Å². The summed E-state index contributed by atoms with van der Waals surface area (Å²) < 4.78 is 17.2. The Labute approximate surface area is 165 Å². The van der Waals surface area contributed by atoms with Crippen LogP contribution in [0.3, 0.4) is 0 Å². The Bertz CT molecular complexity index is 788. The summed E-state index contributed by atoms with van der Waals surface area (Å²) in [5, 5.41) is 0.638. The third kappa shape index (κ3) is 5.16. The normalized spacial score (nSPS) is 15.8. The van der Waals surface area contributed by atoms with Crippen LogP contribution in [-0.4, -0.2) is 25.6 Å². The highest BCUT2D eigenvalue weighted by molar-refractivity contribution is 6.32. The Balaban J connectivity index is 1.45. The largest absolute Gasteiger partial charge is 0.493 e. The molecule has 0 aromatic heterocycles. The van der Waals surface area contributed by atoms with Crippen molar-refractivity contribution in [3.05, 3.63) is 52.5 Å². The van der Waals surface area contributed by atoms with E-state index in [4.69, 9.17) is 25.8 Å². The lowest BCUT2D eigenvalue weighted by atomic mass is 10.0. The lowest BCUT2D eigenvalue weighted by Gasteiger charge is -2.22. The maximum Gasteiger partial charge on any atom is 0.160 e. The fraction of sp³-hybridized carbons (Fsp3) is 0.409. The predicted octanol–water partition coefficient (Wildman–Crippen LogP) is 5.20. The lowest BCUT2D eigenvalue weighted by Crippen LogP contribution is -2.23. The van der Waals surface area contributed by atoms with Gasteiger partial charge in [-0.2, -0.15) is 0 Å². The molecule has 0 saturated carbocycles. The minimum atomic E-state index is -0.354. The number of aryl methyl sites for hydroxylation is 1. The number of aldehydes is 1. The van der Waals surface area contributed by atoms with Gasteiger partial charge >= 0.3 is 0 Å². The average molecular weight is 389 g/mol. The van der Waals surface area contributed by atoms with Crippen molar-refractivity contribution in [3.8, 4) is 17.2 Å². The van der Waals surface area contributed by atoms with Crippen LogP contribution in [-0.2, 0) is 11.2 Å². The van der Waals surface area contributed by atoms with E-state index in [1.807, 2.05) is 36.4 Å². The van der Waals surface area contributed by atoms with Crippen molar-refractivity contribution < 1.29 is 19.0 Å². The summed E-state index contributed by atoms with van der Waals surface area (Å²) in [4.78, 5) is 10.9. The van der Waals surface area contributed by atoms with Gasteiger partial charge in [0.25, 0.3) is 0 Å². The smallest absolute Gasteiger partial charge is 0.160 e. The van der Waals surface area contributed by atoms with Crippen molar-refractivity contribution in [1.82, 2.24) is 0 Å². The Kier molecular flexibility index (Phi) is 6.62. The fourth-order valence-corrected chi connectivity index (χ4v) is 3.22. The molecule has 144 valence electrons. The molecule has 0 spiro atoms. The maximum absolute atomic E-state index is 10.9. The highest BCUT2D eigenvalue weighted by Crippen LogP contribution is 2.31. The number of ether oxygens (including phenoxy) is 3. The standard InChI is InChI=1S/C22H25ClO4/c1-15(2)17-6-9-21(20(23)12-17)26-11-3-10-25-18-7-4-16-5-8-19(14-24)27-22(16)13-18/h4,6-7,9,12-15,19H,3,5,8,10-11H2,1-2H3. The molecule has 0 amide bonds. The van der Waals surface area contributed by atoms with Gasteiger partial charge in [-0.1, -0.05) is 37.6 Å². The zero-order chi connectivity index (χ0) is 19.2. The second-order valence-electron chi connectivity index (χ2n) is 7.00. The van der Waals surface area contributed by atoms with E-state index < -0.39 is 0 Å². The van der Waals surface area contributed by atoms with Gasteiger partial charge < -0.3 is 14.2 Å². The summed E-state index contributed by atoms with van der Waals surface area (Å²) in [6.45, 7) is 5.32. The van der Waals surface area contributed by atoms with Gasteiger partial charge in [0.2, 0.25) is 0 Å². The SMILES string of the molecule is CC(C)c1ccc(OCCCOc2ccc3c(c2)OC(C=O)CC3)c(Cl)c1. The molecule has 1 unspecified atom stereocenters. The molecule has 1 atom stereocenters. The van der Waals surface area contributed by atoms with Gasteiger partial charge in [-0.05, 0) is 48.1 Å². The molecule has 2 aromatic rings. The van der Waals surface area contributed by atoms with Gasteiger partial charge in [0.05, 0.1) is 18.2 Å². The van der Waals surface area contributed by atoms with Crippen molar-refractivity contribution in [2.24, 2.45) is 0 Å². The molecule has 0 saturated heterocycles. The van der Waals surface area contributed by atoms with Crippen LogP contribution in [0.5, 0.6) is 17.2 Å². The third-order valence-corrected chi connectivity index (χ3v) is 4.90. The van der Waals surface area contributed by atoms with Crippen LogP contribution in [0.1, 0.15) is 43.7 Å². The first-order chi connectivity index (χ1) is 13.1. The summed E-state index contributed by atoms with van der Waals surface area (Å²) in [5.74, 6) is 2.61. The first kappa shape index (κ1) is 19.6. The number of hydrogen-bond acceptors (Lipinski definition) is 4. The van der Waals surface area contributed by atoms with Crippen LogP contribution in [0.4, 0.5) is 0 Å². The molecule has 0 bridgehead atoms. The first-order valence-corrected chi connectivity index (χ1v) is 9.74. The van der Waals surface area contributed by atoms with E-state index in [1.54, 1.807) is 0 Å². The third-order valence-electron chi connectivity index (χ3n) is 4.60. The Morgan fingerprint density at radius 2 is 2.00 bits per heavy atom. The molecule has 2 aromatic carbocycles. The van der Waals surface area contributed by atoms with Crippen molar-refractivity contribution in [1.29, 1.82) is 0 Å². The van der Waals surface area contributed by atoms with Crippen LogP contribution >= 0.6 is 11.6 Å². The molecule has 4 nitrogen and oxygen atoms in total. The van der Waals surface area contributed by atoms with Crippen LogP contribution in [0.2, 0.25) is 5.02 Å². The van der Waals surface area contributed by atoms with Crippen molar-refractivity contribution in [3.63, 3.8) is 0 Å². The van der Waals surface area contributed by atoms with Gasteiger partial charge in [-0.3, -0.25) is 4.79 Å². The van der Waals surface area contributed by atoms with Crippen molar-refractivity contribution in [2.75, 3.05) is 13.2 Å². The van der Waals surface area contributed by atoms with Gasteiger partial charge in [-0.15, -0.1) is 0 Å². The Morgan fingerprint density at radius 3 is 2.74 bits per heavy atom. The molecule has 5 heteroatoms. The molecule has 0 N–H and O–H groups in total. The van der Waals surface area contributed by atoms with E-state index in [-0.39, 0.29) is 6.10 Å². The zero-order valence-electron chi connectivity index (χ0n) is 15.7. The molecular formula is C22H25ClO4. The number of benzene rings is 2. The molecule has 1 aliphatic rings. The highest BCUT2D eigenvalue weighted by Gasteiger charge is 2.19. The number of rotatable bonds is 8. The molecule has 0 radical (unpaired) electrons. The van der Waals surface area contributed by atoms with Crippen LogP contribution < -0.4 is 14.2 Å². The topological polar surface area (TPSA) is 44.8 Å². The van der Waals surface area contributed by atoms with E-state index in [0.29, 0.717) is 29.9 Å². The van der Waals surface area contributed by atoms with Gasteiger partial charge in [0, 0.05) is 12.5 Å². The second kappa shape index (κ2) is 9.14. The number of fused-ring (bicyclic) bond motifs is 1. The monoisotopic (exact) mass is 388 g/mol. The molecule has 0 fully saturated rings. The molecule has 3 rings (SSSR count). The van der Waals surface area contributed by atoms with E-state index in [2.05, 4.69) is 13.8 Å². The molecule has 27 heavy (non-hydrogen) atoms. The Morgan fingerprint density at radius 1 is 1.19 bits per heavy atom. The molecule has 0 aliphatic carbocycles. The minimum Gasteiger partial charge on any atom is -0.493 e. The van der Waals surface area contributed by atoms with Gasteiger partial charge in [0.15, 0.2) is 12.4 Å². The van der Waals surface area contributed by atoms with Crippen LogP contribution in [0, 0.1) is 0 Å². The first-order valence-electron chi connectivity index (χ1n) is 9.36. The summed E-state index contributed by atoms with van der Waals surface area (Å²) in [7, 11) is 0. The summed E-state index contributed by atoms with van der Waals surface area (Å²) in [5.41, 5.74) is 2.31. The van der Waals surface area contributed by atoms with Crippen molar-refractivity contribution in [2.45, 2.75) is 45.1 Å². The van der Waals surface area contributed by atoms with Crippen LogP contribution in [0.25, 0.3) is 0 Å². The Hall–Kier alpha value is -2.20. The van der Waals surface area contributed by atoms with Crippen molar-refractivity contribution >= 4 is 17.9 Å². The molecule has 1 heterocycles. The fourth-order valence-electron chi connectivity index (χ4n) is 2.98. The maximum atomic E-state index is 10.9. The highest BCUT2D eigenvalue weighted by atomic mass is 35.5. The molecule has 1 aliphatic heterocycles. The summed E-state index contributed by atoms with van der Waals surface area (Å²) in [6.07, 6.45) is 2.81. The summed E-state index contributed by atoms with van der Waals surface area (Å²) >= 11 is 6.28. The molecular weight excluding hydrogens is 364 g/mol. The van der Waals surface area contributed by atoms with E-state index in [1.165, 1.54) is 5.56 Å². The second-order valence-corrected chi connectivity index (χ2v) is 7.40. The minimum absolute atomic E-state index is 0.354. The average Bonchev–Trinajstić information content (AvgIpc) is 2.68.